The SMILES string of the molecule is Cc1cc(C)n2nc(C(=O)O[C@H](C)c3ccc(F)cc3)nc2n1. The number of aryl methyl sites for hydroxylation is 2. The normalized spacial score (nSPS) is 12.3. The van der Waals surface area contributed by atoms with Crippen LogP contribution in [0.25, 0.3) is 5.78 Å². The molecule has 118 valence electrons. The Morgan fingerprint density at radius 3 is 2.61 bits per heavy atom. The number of hydrogen-bond acceptors (Lipinski definition) is 5. The first-order chi connectivity index (χ1) is 10.9. The third-order valence-electron chi connectivity index (χ3n) is 3.42. The van der Waals surface area contributed by atoms with E-state index in [2.05, 4.69) is 15.1 Å². The molecule has 23 heavy (non-hydrogen) atoms. The summed E-state index contributed by atoms with van der Waals surface area (Å²) in [4.78, 5) is 20.5. The van der Waals surface area contributed by atoms with Crippen molar-refractivity contribution in [3.8, 4) is 0 Å². The standard InChI is InChI=1S/C16H15FN4O2/c1-9-8-10(2)21-16(18-9)19-14(20-21)15(22)23-11(3)12-4-6-13(17)7-5-12/h4-8,11H,1-3H3/t11-/m1/s1. The van der Waals surface area contributed by atoms with E-state index in [0.717, 1.165) is 11.4 Å². The Morgan fingerprint density at radius 2 is 1.91 bits per heavy atom. The molecule has 3 aromatic rings. The number of fused-ring (bicyclic) bond motifs is 1. The third-order valence-corrected chi connectivity index (χ3v) is 3.42. The van der Waals surface area contributed by atoms with E-state index in [0.29, 0.717) is 11.3 Å². The largest absolute Gasteiger partial charge is 0.452 e. The number of carbonyl (C=O) groups is 1. The number of aromatic nitrogens is 4. The zero-order valence-corrected chi connectivity index (χ0v) is 12.9. The fourth-order valence-corrected chi connectivity index (χ4v) is 2.27. The Morgan fingerprint density at radius 1 is 1.22 bits per heavy atom. The van der Waals surface area contributed by atoms with Crippen LogP contribution in [0.15, 0.2) is 30.3 Å². The van der Waals surface area contributed by atoms with Gasteiger partial charge in [0.15, 0.2) is 0 Å². The molecule has 0 bridgehead atoms. The number of benzene rings is 1. The molecule has 0 N–H and O–H groups in total. The topological polar surface area (TPSA) is 69.4 Å². The highest BCUT2D eigenvalue weighted by atomic mass is 19.1. The minimum atomic E-state index is -0.649. The van der Waals surface area contributed by atoms with Crippen LogP contribution in [0.1, 0.15) is 40.6 Å². The Kier molecular flexibility index (Phi) is 3.77. The van der Waals surface area contributed by atoms with Gasteiger partial charge >= 0.3 is 5.97 Å². The first-order valence-electron chi connectivity index (χ1n) is 7.11. The van der Waals surface area contributed by atoms with Gasteiger partial charge < -0.3 is 4.74 Å². The molecule has 0 spiro atoms. The molecule has 0 saturated carbocycles. The summed E-state index contributed by atoms with van der Waals surface area (Å²) >= 11 is 0. The summed E-state index contributed by atoms with van der Waals surface area (Å²) in [7, 11) is 0. The molecule has 0 aliphatic carbocycles. The lowest BCUT2D eigenvalue weighted by atomic mass is 10.1. The molecule has 6 nitrogen and oxygen atoms in total. The van der Waals surface area contributed by atoms with Gasteiger partial charge in [-0.05, 0) is 44.5 Å². The summed E-state index contributed by atoms with van der Waals surface area (Å²) in [5, 5.41) is 4.12. The lowest BCUT2D eigenvalue weighted by Gasteiger charge is -2.11. The van der Waals surface area contributed by atoms with E-state index in [1.54, 1.807) is 19.1 Å². The van der Waals surface area contributed by atoms with Crippen LogP contribution >= 0.6 is 0 Å². The average Bonchev–Trinajstić information content (AvgIpc) is 2.92. The predicted molar refractivity (Wildman–Crippen MR) is 80.5 cm³/mol. The van der Waals surface area contributed by atoms with Crippen LogP contribution in [0.2, 0.25) is 0 Å². The van der Waals surface area contributed by atoms with E-state index in [-0.39, 0.29) is 11.6 Å². The second-order valence-electron chi connectivity index (χ2n) is 5.29. The van der Waals surface area contributed by atoms with Crippen LogP contribution in [0, 0.1) is 19.7 Å². The van der Waals surface area contributed by atoms with Gasteiger partial charge in [0, 0.05) is 11.4 Å². The first kappa shape index (κ1) is 15.1. The molecular weight excluding hydrogens is 299 g/mol. The molecular formula is C16H15FN4O2. The minimum absolute atomic E-state index is 0.0554. The van der Waals surface area contributed by atoms with E-state index >= 15 is 0 Å². The van der Waals surface area contributed by atoms with E-state index in [4.69, 9.17) is 4.74 Å². The van der Waals surface area contributed by atoms with Crippen molar-refractivity contribution in [2.75, 3.05) is 0 Å². The molecule has 0 aliphatic rings. The van der Waals surface area contributed by atoms with Gasteiger partial charge in [0.1, 0.15) is 11.9 Å². The lowest BCUT2D eigenvalue weighted by Crippen LogP contribution is -2.11. The quantitative estimate of drug-likeness (QED) is 0.695. The molecule has 0 fully saturated rings. The molecule has 0 unspecified atom stereocenters. The monoisotopic (exact) mass is 314 g/mol. The highest BCUT2D eigenvalue weighted by molar-refractivity contribution is 5.85. The molecule has 0 radical (unpaired) electrons. The Labute approximate surface area is 131 Å². The zero-order chi connectivity index (χ0) is 16.6. The molecule has 2 heterocycles. The van der Waals surface area contributed by atoms with Gasteiger partial charge in [-0.1, -0.05) is 12.1 Å². The fourth-order valence-electron chi connectivity index (χ4n) is 2.27. The summed E-state index contributed by atoms with van der Waals surface area (Å²) in [6.45, 7) is 5.40. The third kappa shape index (κ3) is 3.03. The van der Waals surface area contributed by atoms with Crippen molar-refractivity contribution in [1.82, 2.24) is 19.6 Å². The molecule has 0 aliphatic heterocycles. The molecule has 2 aromatic heterocycles. The van der Waals surface area contributed by atoms with Crippen LogP contribution in [0.4, 0.5) is 4.39 Å². The predicted octanol–water partition coefficient (Wildman–Crippen LogP) is 2.80. The second kappa shape index (κ2) is 5.75. The summed E-state index contributed by atoms with van der Waals surface area (Å²) < 4.78 is 19.8. The van der Waals surface area contributed by atoms with Gasteiger partial charge in [-0.25, -0.2) is 18.7 Å². The van der Waals surface area contributed by atoms with Crippen molar-refractivity contribution < 1.29 is 13.9 Å². The smallest absolute Gasteiger partial charge is 0.378 e. The number of nitrogens with zero attached hydrogens (tertiary/aromatic N) is 4. The van der Waals surface area contributed by atoms with Gasteiger partial charge in [0.05, 0.1) is 0 Å². The number of ether oxygens (including phenoxy) is 1. The number of carbonyl (C=O) groups excluding carboxylic acids is 1. The number of halogens is 1. The van der Waals surface area contributed by atoms with Crippen molar-refractivity contribution in [3.05, 3.63) is 58.9 Å². The lowest BCUT2D eigenvalue weighted by molar-refractivity contribution is 0.0323. The van der Waals surface area contributed by atoms with Crippen molar-refractivity contribution in [1.29, 1.82) is 0 Å². The van der Waals surface area contributed by atoms with Crippen molar-refractivity contribution in [3.63, 3.8) is 0 Å². The average molecular weight is 314 g/mol. The number of esters is 1. The minimum Gasteiger partial charge on any atom is -0.452 e. The van der Waals surface area contributed by atoms with Gasteiger partial charge in [-0.15, -0.1) is 5.10 Å². The van der Waals surface area contributed by atoms with Gasteiger partial charge in [0.2, 0.25) is 0 Å². The van der Waals surface area contributed by atoms with E-state index in [1.165, 1.54) is 16.6 Å². The molecule has 1 atom stereocenters. The summed E-state index contributed by atoms with van der Waals surface area (Å²) in [5.74, 6) is -0.695. The van der Waals surface area contributed by atoms with Crippen molar-refractivity contribution in [2.24, 2.45) is 0 Å². The van der Waals surface area contributed by atoms with Gasteiger partial charge in [-0.2, -0.15) is 4.98 Å². The summed E-state index contributed by atoms with van der Waals surface area (Å²) in [5.41, 5.74) is 2.31. The van der Waals surface area contributed by atoms with Crippen LogP contribution < -0.4 is 0 Å². The van der Waals surface area contributed by atoms with E-state index in [9.17, 15) is 9.18 Å². The molecule has 1 aromatic carbocycles. The highest BCUT2D eigenvalue weighted by Gasteiger charge is 2.19. The number of hydrogen-bond donors (Lipinski definition) is 0. The molecule has 7 heteroatoms. The van der Waals surface area contributed by atoms with Crippen LogP contribution in [-0.4, -0.2) is 25.6 Å². The zero-order valence-electron chi connectivity index (χ0n) is 12.9. The van der Waals surface area contributed by atoms with Gasteiger partial charge in [-0.3, -0.25) is 0 Å². The molecule has 0 saturated heterocycles. The van der Waals surface area contributed by atoms with E-state index in [1.807, 2.05) is 19.9 Å². The van der Waals surface area contributed by atoms with E-state index < -0.39 is 12.1 Å². The Balaban J connectivity index is 1.83. The summed E-state index contributed by atoms with van der Waals surface area (Å²) in [6, 6.07) is 7.62. The first-order valence-corrected chi connectivity index (χ1v) is 7.11. The van der Waals surface area contributed by atoms with Crippen molar-refractivity contribution >= 4 is 11.7 Å². The van der Waals surface area contributed by atoms with Gasteiger partial charge in [0.25, 0.3) is 11.6 Å². The maximum Gasteiger partial charge on any atom is 0.378 e. The summed E-state index contributed by atoms with van der Waals surface area (Å²) in [6.07, 6.45) is -0.537. The Hall–Kier alpha value is -2.83. The van der Waals surface area contributed by atoms with Crippen LogP contribution in [0.5, 0.6) is 0 Å². The maximum atomic E-state index is 12.9. The maximum absolute atomic E-state index is 12.9. The molecule has 0 amide bonds. The highest BCUT2D eigenvalue weighted by Crippen LogP contribution is 2.18. The number of rotatable bonds is 3. The second-order valence-corrected chi connectivity index (χ2v) is 5.29. The van der Waals surface area contributed by atoms with Crippen LogP contribution in [-0.2, 0) is 4.74 Å². The van der Waals surface area contributed by atoms with Crippen LogP contribution in [0.3, 0.4) is 0 Å². The molecule has 3 rings (SSSR count). The van der Waals surface area contributed by atoms with Crippen molar-refractivity contribution in [2.45, 2.75) is 26.9 Å². The Bertz CT molecular complexity index is 874. The fraction of sp³-hybridized carbons (Fsp3) is 0.250.